The summed E-state index contributed by atoms with van der Waals surface area (Å²) in [6, 6.07) is 17.8. The van der Waals surface area contributed by atoms with E-state index in [4.69, 9.17) is 4.74 Å². The molecule has 0 bridgehead atoms. The average molecular weight is 322 g/mol. The smallest absolute Gasteiger partial charge is 0.243 e. The number of hydrogen-bond acceptors (Lipinski definition) is 3. The van der Waals surface area contributed by atoms with Crippen molar-refractivity contribution in [2.75, 3.05) is 6.61 Å². The van der Waals surface area contributed by atoms with Gasteiger partial charge >= 0.3 is 0 Å². The van der Waals surface area contributed by atoms with E-state index in [1.165, 1.54) is 5.56 Å². The minimum atomic E-state index is -0.0111. The molecule has 4 heteroatoms. The molecule has 24 heavy (non-hydrogen) atoms. The third-order valence-electron chi connectivity index (χ3n) is 4.10. The van der Waals surface area contributed by atoms with Crippen LogP contribution in [0.2, 0.25) is 0 Å². The summed E-state index contributed by atoms with van der Waals surface area (Å²) >= 11 is 0. The van der Waals surface area contributed by atoms with Crippen LogP contribution in [-0.2, 0) is 4.79 Å². The molecule has 0 radical (unpaired) electrons. The average Bonchev–Trinajstić information content (AvgIpc) is 3.43. The molecule has 0 heterocycles. The van der Waals surface area contributed by atoms with Crippen molar-refractivity contribution >= 4 is 12.1 Å². The van der Waals surface area contributed by atoms with Crippen LogP contribution < -0.4 is 10.2 Å². The number of benzene rings is 2. The van der Waals surface area contributed by atoms with E-state index in [1.807, 2.05) is 42.5 Å². The van der Waals surface area contributed by atoms with Crippen LogP contribution in [0.3, 0.4) is 0 Å². The van der Waals surface area contributed by atoms with Gasteiger partial charge in [-0.1, -0.05) is 37.3 Å². The summed E-state index contributed by atoms with van der Waals surface area (Å²) in [6.07, 6.45) is 3.54. The molecule has 3 rings (SSSR count). The van der Waals surface area contributed by atoms with E-state index in [2.05, 4.69) is 29.6 Å². The Bertz CT molecular complexity index is 695. The maximum atomic E-state index is 12.1. The molecule has 2 atom stereocenters. The van der Waals surface area contributed by atoms with Crippen LogP contribution in [0.15, 0.2) is 59.7 Å². The molecule has 1 saturated carbocycles. The molecule has 1 N–H and O–H groups in total. The Kier molecular flexibility index (Phi) is 5.26. The summed E-state index contributed by atoms with van der Waals surface area (Å²) in [4.78, 5) is 12.1. The van der Waals surface area contributed by atoms with Crippen LogP contribution >= 0.6 is 0 Å². The number of carbonyl (C=O) groups is 1. The number of ether oxygens (including phenoxy) is 1. The van der Waals surface area contributed by atoms with Crippen LogP contribution in [0.5, 0.6) is 5.75 Å². The molecule has 1 aliphatic rings. The van der Waals surface area contributed by atoms with Crippen molar-refractivity contribution in [3.8, 4) is 5.75 Å². The SMILES string of the molecule is CCCOc1ccc(/C=N/NC(=O)C2CC2c2ccccc2)cc1. The second-order valence-electron chi connectivity index (χ2n) is 6.01. The number of hydrogen-bond donors (Lipinski definition) is 1. The van der Waals surface area contributed by atoms with Crippen molar-refractivity contribution < 1.29 is 9.53 Å². The van der Waals surface area contributed by atoms with Gasteiger partial charge in [-0.25, -0.2) is 5.43 Å². The Morgan fingerprint density at radius 3 is 2.67 bits per heavy atom. The zero-order valence-corrected chi connectivity index (χ0v) is 13.8. The number of nitrogens with zero attached hydrogens (tertiary/aromatic N) is 1. The molecule has 4 nitrogen and oxygen atoms in total. The maximum Gasteiger partial charge on any atom is 0.243 e. The van der Waals surface area contributed by atoms with E-state index >= 15 is 0 Å². The van der Waals surface area contributed by atoms with E-state index in [0.29, 0.717) is 12.5 Å². The Morgan fingerprint density at radius 2 is 1.96 bits per heavy atom. The predicted molar refractivity (Wildman–Crippen MR) is 95.3 cm³/mol. The lowest BCUT2D eigenvalue weighted by molar-refractivity contribution is -0.122. The molecule has 0 aliphatic heterocycles. The Balaban J connectivity index is 1.47. The lowest BCUT2D eigenvalue weighted by Gasteiger charge is -2.04. The molecule has 0 aromatic heterocycles. The molecule has 0 spiro atoms. The van der Waals surface area contributed by atoms with Crippen molar-refractivity contribution in [2.45, 2.75) is 25.7 Å². The van der Waals surface area contributed by atoms with Gasteiger partial charge in [-0.3, -0.25) is 4.79 Å². The third-order valence-corrected chi connectivity index (χ3v) is 4.10. The van der Waals surface area contributed by atoms with Gasteiger partial charge in [0.25, 0.3) is 0 Å². The maximum absolute atomic E-state index is 12.1. The van der Waals surface area contributed by atoms with Crippen molar-refractivity contribution in [1.29, 1.82) is 0 Å². The van der Waals surface area contributed by atoms with Crippen LogP contribution in [0, 0.1) is 5.92 Å². The fraction of sp³-hybridized carbons (Fsp3) is 0.300. The highest BCUT2D eigenvalue weighted by Crippen LogP contribution is 2.47. The van der Waals surface area contributed by atoms with Crippen LogP contribution in [0.1, 0.15) is 36.8 Å². The van der Waals surface area contributed by atoms with Gasteiger partial charge in [-0.05, 0) is 54.2 Å². The van der Waals surface area contributed by atoms with E-state index in [1.54, 1.807) is 6.21 Å². The van der Waals surface area contributed by atoms with Gasteiger partial charge in [0.2, 0.25) is 5.91 Å². The monoisotopic (exact) mass is 322 g/mol. The van der Waals surface area contributed by atoms with Gasteiger partial charge in [-0.15, -0.1) is 0 Å². The van der Waals surface area contributed by atoms with E-state index in [0.717, 1.165) is 24.2 Å². The van der Waals surface area contributed by atoms with Gasteiger partial charge in [0.1, 0.15) is 5.75 Å². The summed E-state index contributed by atoms with van der Waals surface area (Å²) in [6.45, 7) is 2.79. The Labute approximate surface area is 142 Å². The Hall–Kier alpha value is -2.62. The van der Waals surface area contributed by atoms with Crippen LogP contribution in [-0.4, -0.2) is 18.7 Å². The van der Waals surface area contributed by atoms with Gasteiger partial charge in [-0.2, -0.15) is 5.10 Å². The van der Waals surface area contributed by atoms with Crippen molar-refractivity contribution in [3.05, 3.63) is 65.7 Å². The quantitative estimate of drug-likeness (QED) is 0.624. The van der Waals surface area contributed by atoms with E-state index in [-0.39, 0.29) is 11.8 Å². The summed E-state index contributed by atoms with van der Waals surface area (Å²) in [5.74, 6) is 1.20. The topological polar surface area (TPSA) is 50.7 Å². The van der Waals surface area contributed by atoms with E-state index in [9.17, 15) is 4.79 Å². The summed E-state index contributed by atoms with van der Waals surface area (Å²) in [5.41, 5.74) is 4.79. The molecule has 1 aliphatic carbocycles. The summed E-state index contributed by atoms with van der Waals surface area (Å²) in [7, 11) is 0. The lowest BCUT2D eigenvalue weighted by atomic mass is 10.1. The molecule has 1 amide bonds. The Morgan fingerprint density at radius 1 is 1.21 bits per heavy atom. The predicted octanol–water partition coefficient (Wildman–Crippen LogP) is 3.73. The van der Waals surface area contributed by atoms with E-state index < -0.39 is 0 Å². The molecular formula is C20H22N2O2. The number of rotatable bonds is 7. The molecule has 2 aromatic rings. The highest BCUT2D eigenvalue weighted by atomic mass is 16.5. The van der Waals surface area contributed by atoms with Crippen LogP contribution in [0.25, 0.3) is 0 Å². The van der Waals surface area contributed by atoms with Crippen molar-refractivity contribution in [1.82, 2.24) is 5.43 Å². The first-order valence-electron chi connectivity index (χ1n) is 8.38. The standard InChI is InChI=1S/C20H22N2O2/c1-2-12-24-17-10-8-15(9-11-17)14-21-22-20(23)19-13-18(19)16-6-4-3-5-7-16/h3-11,14,18-19H,2,12-13H2,1H3,(H,22,23)/b21-14+. The highest BCUT2D eigenvalue weighted by Gasteiger charge is 2.43. The minimum Gasteiger partial charge on any atom is -0.494 e. The number of carbonyl (C=O) groups excluding carboxylic acids is 1. The fourth-order valence-corrected chi connectivity index (χ4v) is 2.68. The lowest BCUT2D eigenvalue weighted by Crippen LogP contribution is -2.20. The second-order valence-corrected chi connectivity index (χ2v) is 6.01. The zero-order valence-electron chi connectivity index (χ0n) is 13.8. The van der Waals surface area contributed by atoms with Gasteiger partial charge < -0.3 is 4.74 Å². The van der Waals surface area contributed by atoms with Crippen molar-refractivity contribution in [2.24, 2.45) is 11.0 Å². The normalized spacial score (nSPS) is 19.2. The molecule has 0 saturated heterocycles. The van der Waals surface area contributed by atoms with Gasteiger partial charge in [0.15, 0.2) is 0 Å². The zero-order chi connectivity index (χ0) is 16.8. The summed E-state index contributed by atoms with van der Waals surface area (Å²) in [5, 5.41) is 4.06. The molecule has 2 unspecified atom stereocenters. The highest BCUT2D eigenvalue weighted by molar-refractivity contribution is 5.85. The second kappa shape index (κ2) is 7.77. The first-order chi connectivity index (χ1) is 11.8. The fourth-order valence-electron chi connectivity index (χ4n) is 2.68. The molecule has 124 valence electrons. The number of hydrazone groups is 1. The third kappa shape index (κ3) is 4.22. The minimum absolute atomic E-state index is 0.0111. The van der Waals surface area contributed by atoms with Crippen molar-refractivity contribution in [3.63, 3.8) is 0 Å². The number of nitrogens with one attached hydrogen (secondary N) is 1. The van der Waals surface area contributed by atoms with Gasteiger partial charge in [0, 0.05) is 5.92 Å². The first-order valence-corrected chi connectivity index (χ1v) is 8.38. The molecule has 1 fully saturated rings. The largest absolute Gasteiger partial charge is 0.494 e. The van der Waals surface area contributed by atoms with Crippen LogP contribution in [0.4, 0.5) is 0 Å². The molecular weight excluding hydrogens is 300 g/mol. The number of amides is 1. The molecule has 2 aromatic carbocycles. The summed E-state index contributed by atoms with van der Waals surface area (Å²) < 4.78 is 5.53. The van der Waals surface area contributed by atoms with Gasteiger partial charge in [0.05, 0.1) is 12.8 Å². The first kappa shape index (κ1) is 16.2.